The van der Waals surface area contributed by atoms with Gasteiger partial charge in [-0.2, -0.15) is 0 Å². The monoisotopic (exact) mass is 366 g/mol. The highest BCUT2D eigenvalue weighted by Crippen LogP contribution is 2.35. The van der Waals surface area contributed by atoms with Gasteiger partial charge in [-0.3, -0.25) is 0 Å². The first-order valence-corrected chi connectivity index (χ1v) is 7.26. The lowest BCUT2D eigenvalue weighted by atomic mass is 10.2. The average Bonchev–Trinajstić information content (AvgIpc) is 2.58. The Hall–Kier alpha value is 0.0200. The topological polar surface area (TPSA) is 9.23 Å². The van der Waals surface area contributed by atoms with Gasteiger partial charge in [0.05, 0.1) is 14.9 Å². The Balaban J connectivity index is 2.45. The van der Waals surface area contributed by atoms with Gasteiger partial charge in [0.15, 0.2) is 0 Å². The van der Waals surface area contributed by atoms with Crippen molar-refractivity contribution in [3.8, 4) is 16.2 Å². The average molecular weight is 366 g/mol. The molecule has 0 aliphatic rings. The minimum atomic E-state index is 0.882. The van der Waals surface area contributed by atoms with Gasteiger partial charge >= 0.3 is 0 Å². The fourth-order valence-electron chi connectivity index (χ4n) is 1.18. The number of ether oxygens (including phenoxy) is 1. The van der Waals surface area contributed by atoms with Crippen molar-refractivity contribution in [1.82, 2.24) is 0 Å². The van der Waals surface area contributed by atoms with E-state index < -0.39 is 0 Å². The second kappa shape index (κ2) is 4.90. The van der Waals surface area contributed by atoms with Crippen molar-refractivity contribution in [3.05, 3.63) is 30.3 Å². The molecule has 0 unspecified atom stereocenters. The summed E-state index contributed by atoms with van der Waals surface area (Å²) in [6.07, 6.45) is 0. The summed E-state index contributed by atoms with van der Waals surface area (Å²) in [6.45, 7) is 0. The first kappa shape index (κ1) is 11.5. The highest BCUT2D eigenvalue weighted by Gasteiger charge is 2.06. The molecule has 0 saturated carbocycles. The normalized spacial score (nSPS) is 10.3. The van der Waals surface area contributed by atoms with Crippen LogP contribution in [0.4, 0.5) is 0 Å². The third-order valence-electron chi connectivity index (χ3n) is 1.89. The number of methoxy groups -OCH3 is 1. The molecule has 2 rings (SSSR count). The molecule has 1 aromatic carbocycles. The summed E-state index contributed by atoms with van der Waals surface area (Å²) in [7, 11) is 1.67. The molecule has 1 nitrogen and oxygen atoms in total. The van der Waals surface area contributed by atoms with Gasteiger partial charge in [-0.25, -0.2) is 0 Å². The van der Waals surface area contributed by atoms with E-state index in [1.807, 2.05) is 12.1 Å². The third-order valence-corrected chi connectivity index (χ3v) is 5.94. The lowest BCUT2D eigenvalue weighted by Crippen LogP contribution is -1.81. The quantitative estimate of drug-likeness (QED) is 0.557. The molecular weight excluding hydrogens is 359 g/mol. The molecule has 0 aliphatic carbocycles. The van der Waals surface area contributed by atoms with Crippen LogP contribution in [0.2, 0.25) is 0 Å². The zero-order valence-corrected chi connectivity index (χ0v) is 12.4. The first-order valence-electron chi connectivity index (χ1n) is 4.14. The van der Waals surface area contributed by atoms with Gasteiger partial charge in [-0.05, 0) is 52.4 Å². The maximum atomic E-state index is 5.18. The van der Waals surface area contributed by atoms with Crippen LogP contribution in [0.25, 0.3) is 10.4 Å². The van der Waals surface area contributed by atoms with Gasteiger partial charge in [0.25, 0.3) is 0 Å². The van der Waals surface area contributed by atoms with E-state index in [1.54, 1.807) is 29.8 Å². The number of hydrogen-bond donors (Lipinski definition) is 0. The predicted molar refractivity (Wildman–Crippen MR) is 77.7 cm³/mol. The maximum absolute atomic E-state index is 5.18. The molecule has 0 radical (unpaired) electrons. The van der Waals surface area contributed by atoms with Crippen LogP contribution in [0.3, 0.4) is 0 Å². The molecule has 0 amide bonds. The van der Waals surface area contributed by atoms with Crippen LogP contribution >= 0.6 is 57.5 Å². The number of rotatable bonds is 2. The summed E-state index contributed by atoms with van der Waals surface area (Å²) in [4.78, 5) is 1.26. The molecule has 2 aromatic rings. The summed E-state index contributed by atoms with van der Waals surface area (Å²) < 4.78 is 7.36. The molecule has 1 heterocycles. The van der Waals surface area contributed by atoms with E-state index in [9.17, 15) is 0 Å². The van der Waals surface area contributed by atoms with Gasteiger partial charge in [-0.1, -0.05) is 12.2 Å². The van der Waals surface area contributed by atoms with Crippen LogP contribution in [0, 0.1) is 6.02 Å². The van der Waals surface area contributed by atoms with Crippen LogP contribution in [-0.2, 0) is 0 Å². The molecule has 0 saturated heterocycles. The summed E-state index contributed by atoms with van der Waals surface area (Å²) >= 11 is 10.8. The maximum Gasteiger partial charge on any atom is 0.145 e. The Bertz CT molecular complexity index is 512. The Morgan fingerprint density at radius 3 is 2.33 bits per heavy atom. The van der Waals surface area contributed by atoms with Crippen molar-refractivity contribution in [2.24, 2.45) is 0 Å². The van der Waals surface area contributed by atoms with Crippen LogP contribution in [0.1, 0.15) is 0 Å². The standard InChI is InChI=1S/C10H7IOS3/c1-12-7-4-2-6(3-5-7)8-9(11)15-10(13)14-8/h2-5H,1H3. The lowest BCUT2D eigenvalue weighted by molar-refractivity contribution is 0.415. The summed E-state index contributed by atoms with van der Waals surface area (Å²) in [6, 6.07) is 8.07. The lowest BCUT2D eigenvalue weighted by Gasteiger charge is -2.01. The van der Waals surface area contributed by atoms with Gasteiger partial charge in [-0.15, -0.1) is 22.7 Å². The molecule has 0 N–H and O–H groups in total. The molecule has 0 spiro atoms. The van der Waals surface area contributed by atoms with Crippen molar-refractivity contribution in [1.29, 1.82) is 0 Å². The highest BCUT2D eigenvalue weighted by molar-refractivity contribution is 14.1. The molecule has 0 fully saturated rings. The summed E-state index contributed by atoms with van der Waals surface area (Å²) in [5.41, 5.74) is 1.21. The molecule has 0 bridgehead atoms. The fourth-order valence-corrected chi connectivity index (χ4v) is 5.65. The highest BCUT2D eigenvalue weighted by atomic mass is 127. The molecule has 15 heavy (non-hydrogen) atoms. The van der Waals surface area contributed by atoms with Crippen LogP contribution in [-0.4, -0.2) is 7.11 Å². The minimum absolute atomic E-state index is 0.882. The largest absolute Gasteiger partial charge is 0.497 e. The zero-order valence-electron chi connectivity index (χ0n) is 7.82. The number of hydrogen-bond acceptors (Lipinski definition) is 4. The van der Waals surface area contributed by atoms with Crippen molar-refractivity contribution < 1.29 is 4.74 Å². The van der Waals surface area contributed by atoms with Gasteiger partial charge in [0.1, 0.15) is 8.89 Å². The molecule has 0 atom stereocenters. The Kier molecular flexibility index (Phi) is 3.76. The van der Waals surface area contributed by atoms with Gasteiger partial charge in [0, 0.05) is 0 Å². The van der Waals surface area contributed by atoms with Crippen molar-refractivity contribution in [3.63, 3.8) is 0 Å². The second-order valence-electron chi connectivity index (χ2n) is 2.79. The van der Waals surface area contributed by atoms with E-state index in [2.05, 4.69) is 34.7 Å². The number of benzene rings is 1. The Morgan fingerprint density at radius 2 is 1.87 bits per heavy atom. The summed E-state index contributed by atoms with van der Waals surface area (Å²) in [5, 5.41) is 0. The molecule has 1 aromatic heterocycles. The van der Waals surface area contributed by atoms with E-state index in [0.717, 1.165) is 8.89 Å². The van der Waals surface area contributed by atoms with Crippen molar-refractivity contribution >= 4 is 57.5 Å². The van der Waals surface area contributed by atoms with E-state index in [0.29, 0.717) is 0 Å². The van der Waals surface area contributed by atoms with E-state index in [1.165, 1.54) is 13.3 Å². The van der Waals surface area contributed by atoms with Crippen LogP contribution in [0.5, 0.6) is 5.75 Å². The third kappa shape index (κ3) is 2.58. The van der Waals surface area contributed by atoms with Crippen molar-refractivity contribution in [2.75, 3.05) is 7.11 Å². The van der Waals surface area contributed by atoms with E-state index >= 15 is 0 Å². The van der Waals surface area contributed by atoms with Crippen LogP contribution < -0.4 is 4.74 Å². The molecular formula is C10H7IOS3. The van der Waals surface area contributed by atoms with E-state index in [-0.39, 0.29) is 0 Å². The smallest absolute Gasteiger partial charge is 0.145 e. The Labute approximate surface area is 115 Å². The summed E-state index contributed by atoms with van der Waals surface area (Å²) in [5.74, 6) is 0.882. The number of halogens is 1. The minimum Gasteiger partial charge on any atom is -0.497 e. The molecule has 5 heteroatoms. The first-order chi connectivity index (χ1) is 7.20. The Morgan fingerprint density at radius 1 is 1.20 bits per heavy atom. The van der Waals surface area contributed by atoms with E-state index in [4.69, 9.17) is 17.0 Å². The van der Waals surface area contributed by atoms with Crippen molar-refractivity contribution in [2.45, 2.75) is 0 Å². The van der Waals surface area contributed by atoms with Crippen LogP contribution in [0.15, 0.2) is 24.3 Å². The fraction of sp³-hybridized carbons (Fsp3) is 0.100. The predicted octanol–water partition coefficient (Wildman–Crippen LogP) is 4.82. The SMILES string of the molecule is COc1ccc(-c2sc(=S)sc2I)cc1. The van der Waals surface area contributed by atoms with Gasteiger partial charge < -0.3 is 4.74 Å². The van der Waals surface area contributed by atoms with Gasteiger partial charge in [0.2, 0.25) is 0 Å². The molecule has 0 aliphatic heterocycles. The zero-order chi connectivity index (χ0) is 10.8. The molecule has 78 valence electrons. The second-order valence-corrected chi connectivity index (χ2v) is 7.82.